The molecule has 0 spiro atoms. The van der Waals surface area contributed by atoms with Gasteiger partial charge in [-0.2, -0.15) is 4.98 Å². The first kappa shape index (κ1) is 17.7. The Balaban J connectivity index is 2.99. The van der Waals surface area contributed by atoms with Gasteiger partial charge in [-0.3, -0.25) is 0 Å². The fourth-order valence-electron chi connectivity index (χ4n) is 1.99. The maximum absolute atomic E-state index is 12.2. The Labute approximate surface area is 131 Å². The molecule has 0 bridgehead atoms. The topological polar surface area (TPSA) is 55.3 Å². The molecular weight excluding hydrogens is 290 g/mol. The number of aromatic nitrogens is 2. The highest BCUT2D eigenvalue weighted by Crippen LogP contribution is 2.21. The van der Waals surface area contributed by atoms with Crippen LogP contribution in [0.15, 0.2) is 6.20 Å². The monoisotopic (exact) mass is 313 g/mol. The summed E-state index contributed by atoms with van der Waals surface area (Å²) in [6.45, 7) is 8.27. The van der Waals surface area contributed by atoms with Crippen LogP contribution in [-0.2, 0) is 4.74 Å². The molecule has 1 aromatic heterocycles. The van der Waals surface area contributed by atoms with Crippen molar-refractivity contribution in [2.24, 2.45) is 0 Å². The second-order valence-corrected chi connectivity index (χ2v) is 5.19. The number of carbonyl (C=O) groups excluding carboxylic acids is 1. The number of nitrogens with zero attached hydrogens (tertiary/aromatic N) is 3. The first-order valence-electron chi connectivity index (χ1n) is 7.58. The van der Waals surface area contributed by atoms with Gasteiger partial charge in [-0.15, -0.1) is 0 Å². The van der Waals surface area contributed by atoms with E-state index in [2.05, 4.69) is 35.6 Å². The average molecular weight is 314 g/mol. The van der Waals surface area contributed by atoms with E-state index >= 15 is 0 Å². The van der Waals surface area contributed by atoms with Crippen LogP contribution in [0.4, 0.5) is 5.82 Å². The molecule has 21 heavy (non-hydrogen) atoms. The maximum Gasteiger partial charge on any atom is 0.343 e. The van der Waals surface area contributed by atoms with E-state index in [1.54, 1.807) is 0 Å². The first-order chi connectivity index (χ1) is 10.1. The second kappa shape index (κ2) is 9.55. The van der Waals surface area contributed by atoms with Crippen molar-refractivity contribution in [2.75, 3.05) is 24.6 Å². The summed E-state index contributed by atoms with van der Waals surface area (Å²) < 4.78 is 5.27. The van der Waals surface area contributed by atoms with Crippen LogP contribution in [0.5, 0.6) is 0 Å². The van der Waals surface area contributed by atoms with E-state index in [0.717, 1.165) is 38.8 Å². The molecule has 1 rings (SSSR count). The third-order valence-corrected chi connectivity index (χ3v) is 3.16. The number of rotatable bonds is 9. The van der Waals surface area contributed by atoms with E-state index in [1.807, 2.05) is 0 Å². The lowest BCUT2D eigenvalue weighted by molar-refractivity contribution is 0.0499. The summed E-state index contributed by atoms with van der Waals surface area (Å²) in [6.07, 6.45) is 5.22. The van der Waals surface area contributed by atoms with E-state index < -0.39 is 0 Å². The van der Waals surface area contributed by atoms with Crippen molar-refractivity contribution in [3.05, 3.63) is 17.0 Å². The van der Waals surface area contributed by atoms with Crippen LogP contribution < -0.4 is 4.90 Å². The highest BCUT2D eigenvalue weighted by Gasteiger charge is 2.20. The fourth-order valence-corrected chi connectivity index (χ4v) is 2.12. The summed E-state index contributed by atoms with van der Waals surface area (Å²) in [5.41, 5.74) is 0.386. The zero-order valence-corrected chi connectivity index (χ0v) is 13.8. The number of hydrogen-bond acceptors (Lipinski definition) is 5. The standard InChI is InChI=1S/C15H24ClN3O2/c1-4-7-10-21-14(20)12-11-17-15(16)18-13(12)19(8-5-2)9-6-3/h11H,4-10H2,1-3H3. The van der Waals surface area contributed by atoms with Crippen molar-refractivity contribution in [1.82, 2.24) is 9.97 Å². The van der Waals surface area contributed by atoms with Crippen molar-refractivity contribution < 1.29 is 9.53 Å². The van der Waals surface area contributed by atoms with Gasteiger partial charge in [0, 0.05) is 19.3 Å². The molecule has 1 aromatic rings. The minimum absolute atomic E-state index is 0.146. The maximum atomic E-state index is 12.2. The number of anilines is 1. The molecule has 0 aromatic carbocycles. The molecule has 118 valence electrons. The molecule has 1 heterocycles. The Hall–Kier alpha value is -1.36. The molecule has 5 nitrogen and oxygen atoms in total. The summed E-state index contributed by atoms with van der Waals surface area (Å²) >= 11 is 5.89. The van der Waals surface area contributed by atoms with Gasteiger partial charge >= 0.3 is 5.97 Å². The average Bonchev–Trinajstić information content (AvgIpc) is 2.47. The molecule has 0 N–H and O–H groups in total. The Kier molecular flexibility index (Phi) is 8.05. The molecule has 0 amide bonds. The normalized spacial score (nSPS) is 10.5. The summed E-state index contributed by atoms with van der Waals surface area (Å²) in [7, 11) is 0. The van der Waals surface area contributed by atoms with Gasteiger partial charge in [0.25, 0.3) is 0 Å². The van der Waals surface area contributed by atoms with E-state index in [1.165, 1.54) is 6.20 Å². The second-order valence-electron chi connectivity index (χ2n) is 4.85. The van der Waals surface area contributed by atoms with Crippen molar-refractivity contribution in [3.8, 4) is 0 Å². The first-order valence-corrected chi connectivity index (χ1v) is 7.96. The van der Waals surface area contributed by atoms with Crippen LogP contribution in [0.2, 0.25) is 5.28 Å². The van der Waals surface area contributed by atoms with E-state index in [-0.39, 0.29) is 11.3 Å². The molecule has 0 saturated carbocycles. The molecule has 0 fully saturated rings. The van der Waals surface area contributed by atoms with Gasteiger partial charge in [-0.1, -0.05) is 27.2 Å². The highest BCUT2D eigenvalue weighted by molar-refractivity contribution is 6.28. The Bertz CT molecular complexity index is 449. The number of hydrogen-bond donors (Lipinski definition) is 0. The SMILES string of the molecule is CCCCOC(=O)c1cnc(Cl)nc1N(CCC)CCC. The van der Waals surface area contributed by atoms with Gasteiger partial charge in [0.05, 0.1) is 6.61 Å². The minimum Gasteiger partial charge on any atom is -0.462 e. The minimum atomic E-state index is -0.382. The molecular formula is C15H24ClN3O2. The van der Waals surface area contributed by atoms with E-state index in [9.17, 15) is 4.79 Å². The van der Waals surface area contributed by atoms with Gasteiger partial charge in [0.2, 0.25) is 5.28 Å². The van der Waals surface area contributed by atoms with Crippen LogP contribution in [0, 0.1) is 0 Å². The summed E-state index contributed by atoms with van der Waals surface area (Å²) in [4.78, 5) is 22.4. The largest absolute Gasteiger partial charge is 0.462 e. The van der Waals surface area contributed by atoms with E-state index in [0.29, 0.717) is 18.0 Å². The third-order valence-electron chi connectivity index (χ3n) is 2.98. The lowest BCUT2D eigenvalue weighted by atomic mass is 10.2. The zero-order chi connectivity index (χ0) is 15.7. The van der Waals surface area contributed by atoms with Gasteiger partial charge in [0.1, 0.15) is 11.4 Å². The van der Waals surface area contributed by atoms with Crippen LogP contribution in [-0.4, -0.2) is 35.6 Å². The molecule has 0 radical (unpaired) electrons. The predicted octanol–water partition coefficient (Wildman–Crippen LogP) is 3.71. The highest BCUT2D eigenvalue weighted by atomic mass is 35.5. The molecule has 0 aliphatic rings. The van der Waals surface area contributed by atoms with Gasteiger partial charge in [0.15, 0.2) is 0 Å². The molecule has 0 saturated heterocycles. The molecule has 0 atom stereocenters. The van der Waals surface area contributed by atoms with Crippen molar-refractivity contribution >= 4 is 23.4 Å². The molecule has 0 aliphatic carbocycles. The van der Waals surface area contributed by atoms with Crippen LogP contribution in [0.1, 0.15) is 56.8 Å². The smallest absolute Gasteiger partial charge is 0.343 e. The van der Waals surface area contributed by atoms with Crippen molar-refractivity contribution in [1.29, 1.82) is 0 Å². The number of ether oxygens (including phenoxy) is 1. The summed E-state index contributed by atoms with van der Waals surface area (Å²) in [6, 6.07) is 0. The molecule has 0 aliphatic heterocycles. The zero-order valence-electron chi connectivity index (χ0n) is 13.1. The predicted molar refractivity (Wildman–Crippen MR) is 85.0 cm³/mol. The Morgan fingerprint density at radius 2 is 1.90 bits per heavy atom. The van der Waals surface area contributed by atoms with Gasteiger partial charge < -0.3 is 9.64 Å². The van der Waals surface area contributed by atoms with Gasteiger partial charge in [-0.25, -0.2) is 9.78 Å². The van der Waals surface area contributed by atoms with E-state index in [4.69, 9.17) is 16.3 Å². The van der Waals surface area contributed by atoms with Gasteiger partial charge in [-0.05, 0) is 30.9 Å². The number of carbonyl (C=O) groups is 1. The van der Waals surface area contributed by atoms with Crippen LogP contribution >= 0.6 is 11.6 Å². The quantitative estimate of drug-likeness (QED) is 0.395. The number of esters is 1. The summed E-state index contributed by atoms with van der Waals surface area (Å²) in [5, 5.41) is 0.146. The third kappa shape index (κ3) is 5.50. The van der Waals surface area contributed by atoms with Crippen LogP contribution in [0.25, 0.3) is 0 Å². The van der Waals surface area contributed by atoms with Crippen molar-refractivity contribution in [2.45, 2.75) is 46.5 Å². The lowest BCUT2D eigenvalue weighted by Gasteiger charge is -2.24. The fraction of sp³-hybridized carbons (Fsp3) is 0.667. The Morgan fingerprint density at radius 1 is 1.24 bits per heavy atom. The van der Waals surface area contributed by atoms with Crippen LogP contribution in [0.3, 0.4) is 0 Å². The van der Waals surface area contributed by atoms with Crippen molar-refractivity contribution in [3.63, 3.8) is 0 Å². The Morgan fingerprint density at radius 3 is 2.48 bits per heavy atom. The molecule has 6 heteroatoms. The lowest BCUT2D eigenvalue weighted by Crippen LogP contribution is -2.28. The summed E-state index contributed by atoms with van der Waals surface area (Å²) in [5.74, 6) is 0.188. The number of unbranched alkanes of at least 4 members (excludes halogenated alkanes) is 1. The molecule has 0 unspecified atom stereocenters. The number of halogens is 1.